The Bertz CT molecular complexity index is 963. The van der Waals surface area contributed by atoms with Crippen molar-refractivity contribution in [2.24, 2.45) is 0 Å². The number of halogens is 4. The monoisotopic (exact) mass is 350 g/mol. The SMILES string of the molecule is O=S(=O)(Oc1cc(F)c(-c2cn[nH]c2)c2cn[nH]c12)C(F)(F)F. The van der Waals surface area contributed by atoms with Gasteiger partial charge in [-0.05, 0) is 0 Å². The molecular formula is C11H6F4N4O3S. The third kappa shape index (κ3) is 2.50. The van der Waals surface area contributed by atoms with Gasteiger partial charge in [-0.25, -0.2) is 4.39 Å². The smallest absolute Gasteiger partial charge is 0.374 e. The number of H-pyrrole nitrogens is 2. The van der Waals surface area contributed by atoms with Crippen LogP contribution in [0, 0.1) is 5.82 Å². The highest BCUT2D eigenvalue weighted by molar-refractivity contribution is 7.88. The standard InChI is InChI=1S/C11H6F4N4O3S/c12-7-1-8(22-23(20,21)11(13,14)15)10-6(4-18-19-10)9(7)5-2-16-17-3-5/h1-4H,(H,16,17)(H,18,19). The molecule has 3 aromatic rings. The van der Waals surface area contributed by atoms with Gasteiger partial charge in [0.15, 0.2) is 5.75 Å². The van der Waals surface area contributed by atoms with Gasteiger partial charge in [-0.1, -0.05) is 0 Å². The van der Waals surface area contributed by atoms with Crippen LogP contribution in [0.1, 0.15) is 0 Å². The van der Waals surface area contributed by atoms with Crippen LogP contribution in [0.5, 0.6) is 5.75 Å². The molecule has 3 rings (SSSR count). The lowest BCUT2D eigenvalue weighted by molar-refractivity contribution is -0.0499. The van der Waals surface area contributed by atoms with Crippen LogP contribution in [-0.4, -0.2) is 34.3 Å². The Kier molecular flexibility index (Phi) is 3.28. The molecule has 12 heteroatoms. The van der Waals surface area contributed by atoms with E-state index in [-0.39, 0.29) is 16.5 Å². The van der Waals surface area contributed by atoms with Crippen molar-refractivity contribution >= 4 is 21.0 Å². The molecule has 122 valence electrons. The van der Waals surface area contributed by atoms with E-state index in [1.54, 1.807) is 0 Å². The van der Waals surface area contributed by atoms with E-state index in [1.807, 2.05) is 0 Å². The van der Waals surface area contributed by atoms with Gasteiger partial charge in [0.2, 0.25) is 0 Å². The number of aromatic amines is 2. The maximum absolute atomic E-state index is 14.3. The Hall–Kier alpha value is -2.63. The average Bonchev–Trinajstić information content (AvgIpc) is 3.07. The zero-order chi connectivity index (χ0) is 16.8. The van der Waals surface area contributed by atoms with Crippen LogP contribution >= 0.6 is 0 Å². The van der Waals surface area contributed by atoms with Crippen LogP contribution < -0.4 is 4.18 Å². The Morgan fingerprint density at radius 1 is 1.17 bits per heavy atom. The number of alkyl halides is 3. The lowest BCUT2D eigenvalue weighted by atomic mass is 10.0. The molecule has 2 heterocycles. The number of aromatic nitrogens is 4. The molecule has 7 nitrogen and oxygen atoms in total. The minimum absolute atomic E-state index is 0.0146. The minimum Gasteiger partial charge on any atom is -0.374 e. The highest BCUT2D eigenvalue weighted by Gasteiger charge is 2.49. The van der Waals surface area contributed by atoms with Gasteiger partial charge in [-0.15, -0.1) is 0 Å². The van der Waals surface area contributed by atoms with Gasteiger partial charge < -0.3 is 4.18 Å². The van der Waals surface area contributed by atoms with Crippen LogP contribution in [0.3, 0.4) is 0 Å². The van der Waals surface area contributed by atoms with Crippen LogP contribution in [-0.2, 0) is 10.1 Å². The van der Waals surface area contributed by atoms with Crippen molar-refractivity contribution in [1.82, 2.24) is 20.4 Å². The predicted molar refractivity (Wildman–Crippen MR) is 69.2 cm³/mol. The third-order valence-corrected chi connectivity index (χ3v) is 3.89. The van der Waals surface area contributed by atoms with Crippen molar-refractivity contribution in [1.29, 1.82) is 0 Å². The molecule has 0 aliphatic carbocycles. The van der Waals surface area contributed by atoms with Crippen molar-refractivity contribution in [2.75, 3.05) is 0 Å². The first kappa shape index (κ1) is 15.3. The highest BCUT2D eigenvalue weighted by atomic mass is 32.2. The lowest BCUT2D eigenvalue weighted by Crippen LogP contribution is -2.28. The second-order valence-electron chi connectivity index (χ2n) is 4.36. The van der Waals surface area contributed by atoms with Crippen molar-refractivity contribution in [3.8, 4) is 16.9 Å². The molecule has 2 N–H and O–H groups in total. The minimum atomic E-state index is -5.94. The summed E-state index contributed by atoms with van der Waals surface area (Å²) in [7, 11) is -5.94. The molecule has 0 saturated carbocycles. The molecule has 0 saturated heterocycles. The Labute approximate surface area is 125 Å². The second-order valence-corrected chi connectivity index (χ2v) is 5.90. The summed E-state index contributed by atoms with van der Waals surface area (Å²) in [5.74, 6) is -1.84. The predicted octanol–water partition coefficient (Wildman–Crippen LogP) is 2.32. The van der Waals surface area contributed by atoms with Gasteiger partial charge in [-0.3, -0.25) is 10.2 Å². The number of hydrogen-bond donors (Lipinski definition) is 2. The van der Waals surface area contributed by atoms with Crippen molar-refractivity contribution in [3.63, 3.8) is 0 Å². The summed E-state index contributed by atoms with van der Waals surface area (Å²) in [6.07, 6.45) is 3.78. The number of hydrogen-bond acceptors (Lipinski definition) is 5. The molecule has 0 fully saturated rings. The van der Waals surface area contributed by atoms with Crippen molar-refractivity contribution < 1.29 is 30.2 Å². The third-order valence-electron chi connectivity index (χ3n) is 2.92. The molecule has 1 aromatic carbocycles. The fourth-order valence-electron chi connectivity index (χ4n) is 1.96. The Morgan fingerprint density at radius 3 is 2.52 bits per heavy atom. The van der Waals surface area contributed by atoms with E-state index >= 15 is 0 Å². The molecule has 0 aliphatic rings. The van der Waals surface area contributed by atoms with Crippen molar-refractivity contribution in [3.05, 3.63) is 30.5 Å². The van der Waals surface area contributed by atoms with Crippen LogP contribution in [0.4, 0.5) is 17.6 Å². The summed E-state index contributed by atoms with van der Waals surface area (Å²) in [5.41, 5.74) is -5.55. The molecule has 23 heavy (non-hydrogen) atoms. The van der Waals surface area contributed by atoms with Gasteiger partial charge in [0, 0.05) is 28.8 Å². The number of nitrogens with one attached hydrogen (secondary N) is 2. The summed E-state index contributed by atoms with van der Waals surface area (Å²) in [6.45, 7) is 0. The first-order chi connectivity index (χ1) is 10.7. The molecule has 0 unspecified atom stereocenters. The van der Waals surface area contributed by atoms with Gasteiger partial charge in [-0.2, -0.15) is 31.8 Å². The van der Waals surface area contributed by atoms with Crippen LogP contribution in [0.15, 0.2) is 24.7 Å². The lowest BCUT2D eigenvalue weighted by Gasteiger charge is -2.11. The number of rotatable bonds is 3. The van der Waals surface area contributed by atoms with Gasteiger partial charge in [0.25, 0.3) is 0 Å². The molecule has 0 amide bonds. The first-order valence-electron chi connectivity index (χ1n) is 5.86. The number of benzene rings is 1. The Morgan fingerprint density at radius 2 is 1.91 bits per heavy atom. The molecule has 0 aliphatic heterocycles. The highest BCUT2D eigenvalue weighted by Crippen LogP contribution is 2.37. The summed E-state index contributed by atoms with van der Waals surface area (Å²) in [4.78, 5) is 0. The van der Waals surface area contributed by atoms with Gasteiger partial charge in [0.1, 0.15) is 11.3 Å². The zero-order valence-electron chi connectivity index (χ0n) is 10.8. The summed E-state index contributed by atoms with van der Waals surface area (Å²) in [5, 5.41) is 12.0. The summed E-state index contributed by atoms with van der Waals surface area (Å²) < 4.78 is 77.7. The van der Waals surface area contributed by atoms with Gasteiger partial charge in [0.05, 0.1) is 12.4 Å². The van der Waals surface area contributed by atoms with E-state index in [0.29, 0.717) is 11.6 Å². The van der Waals surface area contributed by atoms with E-state index in [4.69, 9.17) is 0 Å². The van der Waals surface area contributed by atoms with E-state index in [0.717, 1.165) is 6.20 Å². The normalized spacial score (nSPS) is 12.7. The summed E-state index contributed by atoms with van der Waals surface area (Å²) in [6, 6.07) is 0.534. The fourth-order valence-corrected chi connectivity index (χ4v) is 2.43. The summed E-state index contributed by atoms with van der Waals surface area (Å²) >= 11 is 0. The Balaban J connectivity index is 2.19. The average molecular weight is 350 g/mol. The van der Waals surface area contributed by atoms with E-state index < -0.39 is 27.2 Å². The number of nitrogens with zero attached hydrogens (tertiary/aromatic N) is 2. The largest absolute Gasteiger partial charge is 0.534 e. The number of fused-ring (bicyclic) bond motifs is 1. The van der Waals surface area contributed by atoms with E-state index in [1.165, 1.54) is 12.4 Å². The van der Waals surface area contributed by atoms with E-state index in [9.17, 15) is 26.0 Å². The quantitative estimate of drug-likeness (QED) is 0.429. The molecule has 0 bridgehead atoms. The van der Waals surface area contributed by atoms with Crippen LogP contribution in [0.2, 0.25) is 0 Å². The molecule has 0 atom stereocenters. The topological polar surface area (TPSA) is 101 Å². The molecular weight excluding hydrogens is 344 g/mol. The maximum atomic E-state index is 14.3. The first-order valence-corrected chi connectivity index (χ1v) is 7.27. The van der Waals surface area contributed by atoms with E-state index in [2.05, 4.69) is 24.6 Å². The fraction of sp³-hybridized carbons (Fsp3) is 0.0909. The van der Waals surface area contributed by atoms with Crippen LogP contribution in [0.25, 0.3) is 22.0 Å². The van der Waals surface area contributed by atoms with Gasteiger partial charge >= 0.3 is 15.6 Å². The molecule has 0 spiro atoms. The zero-order valence-corrected chi connectivity index (χ0v) is 11.7. The van der Waals surface area contributed by atoms with Crippen molar-refractivity contribution in [2.45, 2.75) is 5.51 Å². The molecule has 2 aromatic heterocycles. The molecule has 0 radical (unpaired) electrons. The second kappa shape index (κ2) is 4.94. The maximum Gasteiger partial charge on any atom is 0.534 e.